The lowest BCUT2D eigenvalue weighted by Crippen LogP contribution is -2.75. The topological polar surface area (TPSA) is 62.2 Å². The first-order chi connectivity index (χ1) is 11.0. The third-order valence-electron chi connectivity index (χ3n) is 6.49. The molecule has 1 fully saturated rings. The number of nitrogens with zero attached hydrogens (tertiary/aromatic N) is 1. The number of hydrogen-bond donors (Lipinski definition) is 2. The van der Waals surface area contributed by atoms with Gasteiger partial charge in [0, 0.05) is 11.6 Å². The summed E-state index contributed by atoms with van der Waals surface area (Å²) in [6, 6.07) is 4.02. The number of likely N-dealkylation sites (tertiary alicyclic amines) is 1. The Bertz CT molecular complexity index is 732. The third-order valence-corrected chi connectivity index (χ3v) is 6.49. The summed E-state index contributed by atoms with van der Waals surface area (Å²) in [4.78, 5) is 2.23. The Morgan fingerprint density at radius 1 is 1.39 bits per heavy atom. The van der Waals surface area contributed by atoms with Gasteiger partial charge in [0.25, 0.3) is 0 Å². The number of benzene rings is 1. The molecular formula is C18H21NO4. The van der Waals surface area contributed by atoms with E-state index >= 15 is 0 Å². The number of aliphatic hydroxyl groups excluding tert-OH is 1. The Morgan fingerprint density at radius 2 is 2.22 bits per heavy atom. The zero-order valence-electron chi connectivity index (χ0n) is 13.3. The van der Waals surface area contributed by atoms with Crippen LogP contribution >= 0.6 is 0 Å². The average Bonchev–Trinajstić information content (AvgIpc) is 2.90. The van der Waals surface area contributed by atoms with Crippen LogP contribution in [-0.4, -0.2) is 59.7 Å². The number of methoxy groups -OCH3 is 1. The molecule has 2 heterocycles. The van der Waals surface area contributed by atoms with Crippen molar-refractivity contribution in [3.05, 3.63) is 35.4 Å². The van der Waals surface area contributed by atoms with Crippen LogP contribution in [0.3, 0.4) is 0 Å². The molecule has 1 saturated heterocycles. The van der Waals surface area contributed by atoms with Crippen molar-refractivity contribution in [2.24, 2.45) is 0 Å². The molecule has 4 aliphatic rings. The molecule has 0 radical (unpaired) electrons. The number of rotatable bonds is 1. The quantitative estimate of drug-likeness (QED) is 0.744. The zero-order valence-corrected chi connectivity index (χ0v) is 13.3. The van der Waals surface area contributed by atoms with Crippen molar-refractivity contribution in [2.45, 2.75) is 42.1 Å². The van der Waals surface area contributed by atoms with Crippen LogP contribution in [0.4, 0.5) is 0 Å². The van der Waals surface area contributed by atoms with E-state index in [1.54, 1.807) is 13.2 Å². The van der Waals surface area contributed by atoms with Crippen LogP contribution in [0.2, 0.25) is 0 Å². The number of likely N-dealkylation sites (N-methyl/N-ethyl adjacent to an activating group) is 1. The largest absolute Gasteiger partial charge is 0.493 e. The van der Waals surface area contributed by atoms with Gasteiger partial charge in [0.2, 0.25) is 0 Å². The van der Waals surface area contributed by atoms with Crippen LogP contribution in [-0.2, 0) is 11.8 Å². The molecule has 0 saturated carbocycles. The van der Waals surface area contributed by atoms with Gasteiger partial charge in [-0.15, -0.1) is 0 Å². The summed E-state index contributed by atoms with van der Waals surface area (Å²) >= 11 is 0. The van der Waals surface area contributed by atoms with E-state index < -0.39 is 23.2 Å². The second-order valence-corrected chi connectivity index (χ2v) is 7.27. The van der Waals surface area contributed by atoms with Crippen molar-refractivity contribution < 1.29 is 19.7 Å². The zero-order chi connectivity index (χ0) is 16.0. The molecule has 0 amide bonds. The minimum Gasteiger partial charge on any atom is -0.493 e. The van der Waals surface area contributed by atoms with E-state index in [9.17, 15) is 10.2 Å². The lowest BCUT2D eigenvalue weighted by molar-refractivity contribution is -0.151. The van der Waals surface area contributed by atoms with E-state index in [1.165, 1.54) is 5.56 Å². The molecule has 5 nitrogen and oxygen atoms in total. The SMILES string of the molecule is COc1ccc2c3c1O[C@H]1[C@@H](O)C=CC4(O)C(C2)N(C)CCC314. The van der Waals surface area contributed by atoms with Crippen molar-refractivity contribution in [2.75, 3.05) is 20.7 Å². The lowest BCUT2D eigenvalue weighted by atomic mass is 9.50. The van der Waals surface area contributed by atoms with Crippen LogP contribution < -0.4 is 9.47 Å². The van der Waals surface area contributed by atoms with E-state index in [2.05, 4.69) is 18.0 Å². The van der Waals surface area contributed by atoms with Crippen LogP contribution in [0.15, 0.2) is 24.3 Å². The van der Waals surface area contributed by atoms with Crippen molar-refractivity contribution in [1.29, 1.82) is 0 Å². The van der Waals surface area contributed by atoms with Gasteiger partial charge in [0.05, 0.1) is 12.5 Å². The molecule has 1 aromatic rings. The fourth-order valence-electron chi connectivity index (χ4n) is 5.44. The van der Waals surface area contributed by atoms with Gasteiger partial charge >= 0.3 is 0 Å². The minimum absolute atomic E-state index is 0.00190. The minimum atomic E-state index is -1.02. The number of hydrogen-bond acceptors (Lipinski definition) is 5. The standard InChI is InChI=1S/C18H21NO4/c1-19-8-7-17-14-10-3-4-12(22-2)15(14)23-16(17)11(20)5-6-18(17,21)13(19)9-10/h3-6,11,13,16,20-21H,7-9H2,1-2H3/t11-,13?,16-,17?,18?/m0/s1. The Morgan fingerprint density at radius 3 is 3.00 bits per heavy atom. The summed E-state index contributed by atoms with van der Waals surface area (Å²) in [7, 11) is 3.69. The molecular weight excluding hydrogens is 294 g/mol. The van der Waals surface area contributed by atoms with E-state index in [0.29, 0.717) is 11.5 Å². The molecule has 2 bridgehead atoms. The molecule has 2 N–H and O–H groups in total. The lowest BCUT2D eigenvalue weighted by Gasteiger charge is -2.61. The smallest absolute Gasteiger partial charge is 0.166 e. The van der Waals surface area contributed by atoms with Gasteiger partial charge < -0.3 is 19.7 Å². The Balaban J connectivity index is 1.87. The predicted molar refractivity (Wildman–Crippen MR) is 83.9 cm³/mol. The van der Waals surface area contributed by atoms with Crippen LogP contribution in [0.25, 0.3) is 0 Å². The first kappa shape index (κ1) is 13.8. The number of piperidine rings is 1. The highest BCUT2D eigenvalue weighted by molar-refractivity contribution is 5.64. The molecule has 1 spiro atoms. The summed E-state index contributed by atoms with van der Waals surface area (Å²) in [5, 5.41) is 22.3. The van der Waals surface area contributed by atoms with E-state index in [4.69, 9.17) is 9.47 Å². The molecule has 5 rings (SSSR count). The van der Waals surface area contributed by atoms with Crippen molar-refractivity contribution in [3.63, 3.8) is 0 Å². The first-order valence-corrected chi connectivity index (χ1v) is 8.20. The molecule has 5 heteroatoms. The van der Waals surface area contributed by atoms with Crippen molar-refractivity contribution in [3.8, 4) is 11.5 Å². The average molecular weight is 315 g/mol. The van der Waals surface area contributed by atoms with Gasteiger partial charge in [0.1, 0.15) is 17.8 Å². The van der Waals surface area contributed by atoms with Gasteiger partial charge in [-0.05, 0) is 38.1 Å². The maximum atomic E-state index is 11.7. The highest BCUT2D eigenvalue weighted by Gasteiger charge is 2.71. The third kappa shape index (κ3) is 1.32. The fourth-order valence-corrected chi connectivity index (χ4v) is 5.44. The monoisotopic (exact) mass is 315 g/mol. The predicted octanol–water partition coefficient (Wildman–Crippen LogP) is 0.616. The molecule has 122 valence electrons. The second kappa shape index (κ2) is 4.09. The summed E-state index contributed by atoms with van der Waals surface area (Å²) in [5.41, 5.74) is 0.647. The molecule has 2 aliphatic heterocycles. The first-order valence-electron chi connectivity index (χ1n) is 8.20. The van der Waals surface area contributed by atoms with Gasteiger partial charge in [-0.3, -0.25) is 4.90 Å². The molecule has 1 aromatic carbocycles. The highest BCUT2D eigenvalue weighted by atomic mass is 16.5. The normalized spacial score (nSPS) is 43.0. The van der Waals surface area contributed by atoms with Gasteiger partial charge in [-0.1, -0.05) is 18.2 Å². The van der Waals surface area contributed by atoms with E-state index in [1.807, 2.05) is 12.1 Å². The van der Waals surface area contributed by atoms with Crippen LogP contribution in [0, 0.1) is 0 Å². The maximum Gasteiger partial charge on any atom is 0.166 e. The van der Waals surface area contributed by atoms with Gasteiger partial charge in [-0.2, -0.15) is 0 Å². The second-order valence-electron chi connectivity index (χ2n) is 7.27. The summed E-state index contributed by atoms with van der Waals surface area (Å²) in [5.74, 6) is 1.39. The Hall–Kier alpha value is -1.56. The van der Waals surface area contributed by atoms with E-state index in [0.717, 1.165) is 24.9 Å². The molecule has 2 aliphatic carbocycles. The van der Waals surface area contributed by atoms with Crippen LogP contribution in [0.5, 0.6) is 11.5 Å². The number of ether oxygens (including phenoxy) is 2. The van der Waals surface area contributed by atoms with Crippen molar-refractivity contribution in [1.82, 2.24) is 4.90 Å². The summed E-state index contributed by atoms with van der Waals surface area (Å²) in [6.45, 7) is 0.878. The van der Waals surface area contributed by atoms with E-state index in [-0.39, 0.29) is 6.04 Å². The fraction of sp³-hybridized carbons (Fsp3) is 0.556. The highest BCUT2D eigenvalue weighted by Crippen LogP contribution is 2.63. The summed E-state index contributed by atoms with van der Waals surface area (Å²) < 4.78 is 11.7. The Labute approximate surface area is 135 Å². The maximum absolute atomic E-state index is 11.7. The molecule has 3 unspecified atom stereocenters. The Kier molecular flexibility index (Phi) is 2.46. The number of aliphatic hydroxyl groups is 2. The molecule has 0 aromatic heterocycles. The molecule has 23 heavy (non-hydrogen) atoms. The van der Waals surface area contributed by atoms with Gasteiger partial charge in [0.15, 0.2) is 11.5 Å². The molecule has 5 atom stereocenters. The van der Waals surface area contributed by atoms with Gasteiger partial charge in [-0.25, -0.2) is 0 Å². The van der Waals surface area contributed by atoms with Crippen molar-refractivity contribution >= 4 is 0 Å². The summed E-state index contributed by atoms with van der Waals surface area (Å²) in [6.07, 6.45) is 3.86. The van der Waals surface area contributed by atoms with Crippen LogP contribution in [0.1, 0.15) is 17.5 Å².